The summed E-state index contributed by atoms with van der Waals surface area (Å²) in [4.78, 5) is 11.6. The van der Waals surface area contributed by atoms with E-state index >= 15 is 0 Å². The number of primary amides is 1. The molecule has 1 unspecified atom stereocenters. The fourth-order valence-corrected chi connectivity index (χ4v) is 2.04. The van der Waals surface area contributed by atoms with Gasteiger partial charge in [-0.15, -0.1) is 0 Å². The van der Waals surface area contributed by atoms with E-state index in [4.69, 9.17) is 15.6 Å². The standard InChI is InChI=1S/C16H26N2O3/c1-3-10-18-16(2,15(17)20)9-12-21-14-7-5-4-6-13(14)8-11-19/h4-7,18-19H,3,8-12H2,1-2H3,(H2,17,20). The number of nitrogens with one attached hydrogen (secondary N) is 1. The highest BCUT2D eigenvalue weighted by Gasteiger charge is 2.29. The summed E-state index contributed by atoms with van der Waals surface area (Å²) in [5, 5.41) is 12.2. The number of ether oxygens (including phenoxy) is 1. The number of aliphatic hydroxyl groups is 1. The summed E-state index contributed by atoms with van der Waals surface area (Å²) in [6, 6.07) is 7.59. The lowest BCUT2D eigenvalue weighted by molar-refractivity contribution is -0.124. The van der Waals surface area contributed by atoms with Gasteiger partial charge in [0.15, 0.2) is 0 Å². The number of hydrogen-bond acceptors (Lipinski definition) is 4. The van der Waals surface area contributed by atoms with Crippen LogP contribution < -0.4 is 15.8 Å². The van der Waals surface area contributed by atoms with E-state index in [2.05, 4.69) is 5.32 Å². The van der Waals surface area contributed by atoms with E-state index in [9.17, 15) is 4.79 Å². The zero-order valence-corrected chi connectivity index (χ0v) is 12.9. The molecule has 1 aromatic rings. The maximum absolute atomic E-state index is 11.6. The molecule has 0 aliphatic carbocycles. The molecule has 21 heavy (non-hydrogen) atoms. The highest BCUT2D eigenvalue weighted by Crippen LogP contribution is 2.19. The van der Waals surface area contributed by atoms with E-state index in [1.165, 1.54) is 0 Å². The van der Waals surface area contributed by atoms with E-state index in [0.29, 0.717) is 19.4 Å². The summed E-state index contributed by atoms with van der Waals surface area (Å²) < 4.78 is 5.76. The Labute approximate surface area is 126 Å². The maximum atomic E-state index is 11.6. The van der Waals surface area contributed by atoms with Crippen LogP contribution in [0.3, 0.4) is 0 Å². The van der Waals surface area contributed by atoms with Gasteiger partial charge in [-0.2, -0.15) is 0 Å². The van der Waals surface area contributed by atoms with Gasteiger partial charge in [-0.3, -0.25) is 4.79 Å². The summed E-state index contributed by atoms with van der Waals surface area (Å²) in [6.45, 7) is 5.04. The van der Waals surface area contributed by atoms with E-state index in [1.807, 2.05) is 31.2 Å². The van der Waals surface area contributed by atoms with Gasteiger partial charge in [0.2, 0.25) is 5.91 Å². The number of aliphatic hydroxyl groups excluding tert-OH is 1. The highest BCUT2D eigenvalue weighted by molar-refractivity contribution is 5.84. The molecule has 0 fully saturated rings. The van der Waals surface area contributed by atoms with E-state index in [0.717, 1.165) is 24.3 Å². The van der Waals surface area contributed by atoms with Gasteiger partial charge in [0.25, 0.3) is 0 Å². The van der Waals surface area contributed by atoms with Crippen molar-refractivity contribution in [2.75, 3.05) is 19.8 Å². The van der Waals surface area contributed by atoms with Crippen LogP contribution in [0, 0.1) is 0 Å². The van der Waals surface area contributed by atoms with Crippen molar-refractivity contribution in [2.24, 2.45) is 5.73 Å². The Balaban J connectivity index is 2.60. The highest BCUT2D eigenvalue weighted by atomic mass is 16.5. The van der Waals surface area contributed by atoms with Crippen molar-refractivity contribution in [1.82, 2.24) is 5.32 Å². The monoisotopic (exact) mass is 294 g/mol. The van der Waals surface area contributed by atoms with E-state index < -0.39 is 5.54 Å². The maximum Gasteiger partial charge on any atom is 0.237 e. The molecule has 0 aliphatic heterocycles. The summed E-state index contributed by atoms with van der Waals surface area (Å²) in [6.07, 6.45) is 1.98. The van der Waals surface area contributed by atoms with Crippen molar-refractivity contribution < 1.29 is 14.6 Å². The molecule has 0 saturated heterocycles. The van der Waals surface area contributed by atoms with Gasteiger partial charge in [0.1, 0.15) is 5.75 Å². The molecule has 0 spiro atoms. The predicted octanol–water partition coefficient (Wildman–Crippen LogP) is 1.23. The Morgan fingerprint density at radius 3 is 2.76 bits per heavy atom. The summed E-state index contributed by atoms with van der Waals surface area (Å²) in [5.41, 5.74) is 5.68. The van der Waals surface area contributed by atoms with Gasteiger partial charge < -0.3 is 20.9 Å². The molecular weight excluding hydrogens is 268 g/mol. The lowest BCUT2D eigenvalue weighted by atomic mass is 9.97. The SMILES string of the molecule is CCCNC(C)(CCOc1ccccc1CCO)C(N)=O. The van der Waals surface area contributed by atoms with Gasteiger partial charge in [-0.25, -0.2) is 0 Å². The number of carbonyl (C=O) groups excluding carboxylic acids is 1. The number of nitrogens with two attached hydrogens (primary N) is 1. The van der Waals surface area contributed by atoms with Crippen molar-refractivity contribution >= 4 is 5.91 Å². The van der Waals surface area contributed by atoms with Crippen molar-refractivity contribution in [2.45, 2.75) is 38.6 Å². The van der Waals surface area contributed by atoms with Crippen LogP contribution in [-0.2, 0) is 11.2 Å². The minimum atomic E-state index is -0.762. The van der Waals surface area contributed by atoms with Crippen molar-refractivity contribution in [1.29, 1.82) is 0 Å². The van der Waals surface area contributed by atoms with Gasteiger partial charge in [-0.05, 0) is 37.9 Å². The second-order valence-electron chi connectivity index (χ2n) is 5.30. The van der Waals surface area contributed by atoms with Gasteiger partial charge in [-0.1, -0.05) is 25.1 Å². The lowest BCUT2D eigenvalue weighted by Gasteiger charge is -2.27. The smallest absolute Gasteiger partial charge is 0.237 e. The number of benzene rings is 1. The van der Waals surface area contributed by atoms with Crippen LogP contribution in [0.25, 0.3) is 0 Å². The van der Waals surface area contributed by atoms with Gasteiger partial charge in [0, 0.05) is 13.0 Å². The van der Waals surface area contributed by atoms with Gasteiger partial charge >= 0.3 is 0 Å². The second-order valence-corrected chi connectivity index (χ2v) is 5.30. The van der Waals surface area contributed by atoms with Crippen LogP contribution in [-0.4, -0.2) is 36.3 Å². The average molecular weight is 294 g/mol. The Morgan fingerprint density at radius 2 is 2.14 bits per heavy atom. The predicted molar refractivity (Wildman–Crippen MR) is 83.2 cm³/mol. The van der Waals surface area contributed by atoms with Crippen LogP contribution in [0.5, 0.6) is 5.75 Å². The molecule has 1 aromatic carbocycles. The van der Waals surface area contributed by atoms with Crippen LogP contribution in [0.15, 0.2) is 24.3 Å². The van der Waals surface area contributed by atoms with Crippen LogP contribution >= 0.6 is 0 Å². The third-order valence-electron chi connectivity index (χ3n) is 3.52. The fraction of sp³-hybridized carbons (Fsp3) is 0.562. The lowest BCUT2D eigenvalue weighted by Crippen LogP contribution is -2.54. The average Bonchev–Trinajstić information content (AvgIpc) is 2.47. The molecule has 0 bridgehead atoms. The number of hydrogen-bond donors (Lipinski definition) is 3. The summed E-state index contributed by atoms with van der Waals surface area (Å²) in [5.74, 6) is 0.372. The Morgan fingerprint density at radius 1 is 1.43 bits per heavy atom. The van der Waals surface area contributed by atoms with Crippen LogP contribution in [0.2, 0.25) is 0 Å². The molecule has 1 atom stereocenters. The molecule has 0 aliphatic rings. The van der Waals surface area contributed by atoms with Crippen molar-refractivity contribution in [3.8, 4) is 5.75 Å². The second kappa shape index (κ2) is 8.64. The number of carbonyl (C=O) groups is 1. The molecule has 5 heteroatoms. The Bertz CT molecular complexity index is 451. The first-order valence-corrected chi connectivity index (χ1v) is 7.40. The molecule has 1 rings (SSSR count). The summed E-state index contributed by atoms with van der Waals surface area (Å²) in [7, 11) is 0. The Hall–Kier alpha value is -1.59. The largest absolute Gasteiger partial charge is 0.493 e. The van der Waals surface area contributed by atoms with Crippen LogP contribution in [0.1, 0.15) is 32.3 Å². The third-order valence-corrected chi connectivity index (χ3v) is 3.52. The molecule has 0 saturated carbocycles. The molecule has 0 aromatic heterocycles. The first kappa shape index (κ1) is 17.5. The van der Waals surface area contributed by atoms with E-state index in [-0.39, 0.29) is 12.5 Å². The molecule has 1 amide bonds. The molecule has 5 nitrogen and oxygen atoms in total. The number of para-hydroxylation sites is 1. The molecule has 118 valence electrons. The summed E-state index contributed by atoms with van der Waals surface area (Å²) >= 11 is 0. The first-order chi connectivity index (χ1) is 10.0. The van der Waals surface area contributed by atoms with Crippen molar-refractivity contribution in [3.63, 3.8) is 0 Å². The third kappa shape index (κ3) is 5.36. The number of rotatable bonds is 10. The molecule has 4 N–H and O–H groups in total. The molecule has 0 heterocycles. The zero-order valence-electron chi connectivity index (χ0n) is 12.9. The van der Waals surface area contributed by atoms with E-state index in [1.54, 1.807) is 6.92 Å². The minimum Gasteiger partial charge on any atom is -0.493 e. The minimum absolute atomic E-state index is 0.0808. The first-order valence-electron chi connectivity index (χ1n) is 7.40. The quantitative estimate of drug-likeness (QED) is 0.606. The number of amides is 1. The Kier molecular flexibility index (Phi) is 7.19. The molecule has 0 radical (unpaired) electrons. The normalized spacial score (nSPS) is 13.7. The van der Waals surface area contributed by atoms with Gasteiger partial charge in [0.05, 0.1) is 12.1 Å². The van der Waals surface area contributed by atoms with Crippen molar-refractivity contribution in [3.05, 3.63) is 29.8 Å². The van der Waals surface area contributed by atoms with Crippen LogP contribution in [0.4, 0.5) is 0 Å². The fourth-order valence-electron chi connectivity index (χ4n) is 2.04. The molecular formula is C16H26N2O3. The zero-order chi connectivity index (χ0) is 15.7. The topological polar surface area (TPSA) is 84.6 Å².